The van der Waals surface area contributed by atoms with E-state index in [9.17, 15) is 4.39 Å². The smallest absolute Gasteiger partial charge is 0.129 e. The van der Waals surface area contributed by atoms with E-state index >= 15 is 0 Å². The van der Waals surface area contributed by atoms with Crippen molar-refractivity contribution in [3.63, 3.8) is 0 Å². The van der Waals surface area contributed by atoms with Crippen LogP contribution in [0.15, 0.2) is 30.1 Å². The van der Waals surface area contributed by atoms with Crippen molar-refractivity contribution in [2.24, 2.45) is 5.92 Å². The molecule has 0 saturated heterocycles. The zero-order valence-corrected chi connectivity index (χ0v) is 8.97. The Bertz CT molecular complexity index is 379. The SMILES string of the molecule is OCC(F)=C(c1ccc(Cl)cc1)C1CC1. The quantitative estimate of drug-likeness (QED) is 0.837. The lowest BCUT2D eigenvalue weighted by atomic mass is 10.0. The number of aliphatic hydroxyl groups excluding tert-OH is 1. The van der Waals surface area contributed by atoms with Gasteiger partial charge in [-0.3, -0.25) is 0 Å². The second kappa shape index (κ2) is 4.33. The van der Waals surface area contributed by atoms with Crippen molar-refractivity contribution in [1.82, 2.24) is 0 Å². The van der Waals surface area contributed by atoms with Gasteiger partial charge in [0.25, 0.3) is 0 Å². The molecule has 3 heteroatoms. The molecule has 1 aliphatic rings. The Morgan fingerprint density at radius 1 is 1.33 bits per heavy atom. The van der Waals surface area contributed by atoms with Crippen LogP contribution in [0.25, 0.3) is 5.57 Å². The van der Waals surface area contributed by atoms with Crippen molar-refractivity contribution in [2.45, 2.75) is 12.8 Å². The largest absolute Gasteiger partial charge is 0.389 e. The third-order valence-electron chi connectivity index (χ3n) is 2.57. The molecule has 1 N–H and O–H groups in total. The summed E-state index contributed by atoms with van der Waals surface area (Å²) in [5.41, 5.74) is 1.47. The molecule has 0 aromatic heterocycles. The maximum Gasteiger partial charge on any atom is 0.129 e. The lowest BCUT2D eigenvalue weighted by Crippen LogP contribution is -1.94. The predicted molar refractivity (Wildman–Crippen MR) is 59.3 cm³/mol. The summed E-state index contributed by atoms with van der Waals surface area (Å²) in [6.07, 6.45) is 2.01. The van der Waals surface area contributed by atoms with E-state index in [2.05, 4.69) is 0 Å². The van der Waals surface area contributed by atoms with Crippen LogP contribution in [-0.4, -0.2) is 11.7 Å². The van der Waals surface area contributed by atoms with E-state index in [1.54, 1.807) is 24.3 Å². The van der Waals surface area contributed by atoms with Gasteiger partial charge in [0.1, 0.15) is 5.83 Å². The first-order chi connectivity index (χ1) is 7.22. The van der Waals surface area contributed by atoms with Gasteiger partial charge in [-0.15, -0.1) is 0 Å². The molecule has 0 bridgehead atoms. The molecule has 0 aliphatic heterocycles. The fraction of sp³-hybridized carbons (Fsp3) is 0.333. The summed E-state index contributed by atoms with van der Waals surface area (Å²) in [5, 5.41) is 9.48. The summed E-state index contributed by atoms with van der Waals surface area (Å²) in [7, 11) is 0. The van der Waals surface area contributed by atoms with E-state index in [-0.39, 0.29) is 5.92 Å². The monoisotopic (exact) mass is 226 g/mol. The number of hydrogen-bond acceptors (Lipinski definition) is 1. The van der Waals surface area contributed by atoms with Crippen molar-refractivity contribution in [3.05, 3.63) is 40.7 Å². The highest BCUT2D eigenvalue weighted by atomic mass is 35.5. The molecule has 0 heterocycles. The van der Waals surface area contributed by atoms with Crippen LogP contribution in [-0.2, 0) is 0 Å². The fourth-order valence-electron chi connectivity index (χ4n) is 1.70. The first-order valence-corrected chi connectivity index (χ1v) is 5.35. The standard InChI is InChI=1S/C12H12ClFO/c13-10-5-3-9(4-6-10)12(8-1-2-8)11(14)7-15/h3-6,8,15H,1-2,7H2. The Morgan fingerprint density at radius 3 is 2.40 bits per heavy atom. The van der Waals surface area contributed by atoms with Crippen molar-refractivity contribution < 1.29 is 9.50 Å². The lowest BCUT2D eigenvalue weighted by molar-refractivity contribution is 0.298. The highest BCUT2D eigenvalue weighted by Crippen LogP contribution is 2.43. The van der Waals surface area contributed by atoms with Crippen molar-refractivity contribution >= 4 is 17.2 Å². The second-order valence-corrected chi connectivity index (χ2v) is 4.19. The number of benzene rings is 1. The number of aliphatic hydroxyl groups is 1. The van der Waals surface area contributed by atoms with Gasteiger partial charge in [0.2, 0.25) is 0 Å². The number of rotatable bonds is 3. The van der Waals surface area contributed by atoms with E-state index < -0.39 is 12.4 Å². The number of hydrogen-bond donors (Lipinski definition) is 1. The maximum absolute atomic E-state index is 13.5. The van der Waals surface area contributed by atoms with E-state index in [1.807, 2.05) is 0 Å². The molecule has 0 spiro atoms. The topological polar surface area (TPSA) is 20.2 Å². The molecular weight excluding hydrogens is 215 g/mol. The van der Waals surface area contributed by atoms with E-state index in [0.717, 1.165) is 18.4 Å². The average molecular weight is 227 g/mol. The zero-order valence-electron chi connectivity index (χ0n) is 8.21. The molecule has 0 atom stereocenters. The van der Waals surface area contributed by atoms with Crippen LogP contribution in [0.2, 0.25) is 5.02 Å². The van der Waals surface area contributed by atoms with Crippen LogP contribution in [0.5, 0.6) is 0 Å². The van der Waals surface area contributed by atoms with Crippen LogP contribution >= 0.6 is 11.6 Å². The minimum atomic E-state index is -0.519. The van der Waals surface area contributed by atoms with Crippen molar-refractivity contribution in [2.75, 3.05) is 6.61 Å². The van der Waals surface area contributed by atoms with Gasteiger partial charge in [0.15, 0.2) is 0 Å². The molecule has 80 valence electrons. The van der Waals surface area contributed by atoms with Gasteiger partial charge in [-0.05, 0) is 42.0 Å². The van der Waals surface area contributed by atoms with Crippen LogP contribution < -0.4 is 0 Å². The molecule has 1 fully saturated rings. The molecule has 1 aliphatic carbocycles. The summed E-state index contributed by atoms with van der Waals surface area (Å²) < 4.78 is 13.5. The minimum Gasteiger partial charge on any atom is -0.389 e. The number of allylic oxidation sites excluding steroid dienone is 1. The van der Waals surface area contributed by atoms with E-state index in [4.69, 9.17) is 16.7 Å². The number of halogens is 2. The first kappa shape index (κ1) is 10.7. The summed E-state index contributed by atoms with van der Waals surface area (Å²) in [4.78, 5) is 0. The minimum absolute atomic E-state index is 0.276. The summed E-state index contributed by atoms with van der Waals surface area (Å²) in [6, 6.07) is 7.07. The second-order valence-electron chi connectivity index (χ2n) is 3.76. The Morgan fingerprint density at radius 2 is 1.93 bits per heavy atom. The van der Waals surface area contributed by atoms with Gasteiger partial charge in [0, 0.05) is 5.02 Å². The maximum atomic E-state index is 13.5. The van der Waals surface area contributed by atoms with Crippen molar-refractivity contribution in [3.8, 4) is 0 Å². The molecule has 1 saturated carbocycles. The average Bonchev–Trinajstić information content (AvgIpc) is 3.05. The lowest BCUT2D eigenvalue weighted by Gasteiger charge is -2.07. The van der Waals surface area contributed by atoms with Crippen LogP contribution in [0.4, 0.5) is 4.39 Å². The highest BCUT2D eigenvalue weighted by Gasteiger charge is 2.29. The van der Waals surface area contributed by atoms with Gasteiger partial charge in [-0.1, -0.05) is 23.7 Å². The third-order valence-corrected chi connectivity index (χ3v) is 2.82. The Labute approximate surface area is 93.2 Å². The normalized spacial score (nSPS) is 17.5. The highest BCUT2D eigenvalue weighted by molar-refractivity contribution is 6.30. The van der Waals surface area contributed by atoms with Gasteiger partial charge in [-0.25, -0.2) is 4.39 Å². The third kappa shape index (κ3) is 2.39. The van der Waals surface area contributed by atoms with Crippen LogP contribution in [0.1, 0.15) is 18.4 Å². The molecule has 1 aromatic carbocycles. The van der Waals surface area contributed by atoms with Gasteiger partial charge >= 0.3 is 0 Å². The molecular formula is C12H12ClFO. The molecule has 2 rings (SSSR count). The Balaban J connectivity index is 2.37. The summed E-state index contributed by atoms with van der Waals surface area (Å²) in [6.45, 7) is -0.519. The van der Waals surface area contributed by atoms with E-state index in [0.29, 0.717) is 10.6 Å². The van der Waals surface area contributed by atoms with Crippen LogP contribution in [0.3, 0.4) is 0 Å². The van der Waals surface area contributed by atoms with Gasteiger partial charge in [-0.2, -0.15) is 0 Å². The molecule has 0 amide bonds. The first-order valence-electron chi connectivity index (χ1n) is 4.97. The molecule has 15 heavy (non-hydrogen) atoms. The van der Waals surface area contributed by atoms with Crippen LogP contribution in [0, 0.1) is 5.92 Å². The zero-order chi connectivity index (χ0) is 10.8. The van der Waals surface area contributed by atoms with Gasteiger partial charge in [0.05, 0.1) is 6.61 Å². The predicted octanol–water partition coefficient (Wildman–Crippen LogP) is 3.42. The van der Waals surface area contributed by atoms with Gasteiger partial charge < -0.3 is 5.11 Å². The van der Waals surface area contributed by atoms with E-state index in [1.165, 1.54) is 0 Å². The van der Waals surface area contributed by atoms with Crippen molar-refractivity contribution in [1.29, 1.82) is 0 Å². The molecule has 1 nitrogen and oxygen atoms in total. The summed E-state index contributed by atoms with van der Waals surface area (Å²) >= 11 is 5.77. The molecule has 0 radical (unpaired) electrons. The Hall–Kier alpha value is -0.860. The molecule has 0 unspecified atom stereocenters. The Kier molecular flexibility index (Phi) is 3.08. The molecule has 1 aromatic rings. The fourth-order valence-corrected chi connectivity index (χ4v) is 1.83. The summed E-state index contributed by atoms with van der Waals surface area (Å²) in [5.74, 6) is -0.141.